The largest absolute Gasteiger partial charge is 0.471 e. The minimum Gasteiger partial charge on any atom is -0.379 e. The van der Waals surface area contributed by atoms with Crippen molar-refractivity contribution in [1.29, 1.82) is 0 Å². The number of hydrogen-bond acceptors (Lipinski definition) is 11. The van der Waals surface area contributed by atoms with Crippen molar-refractivity contribution in [1.82, 2.24) is 25.3 Å². The van der Waals surface area contributed by atoms with Crippen LogP contribution in [0, 0.1) is 23.7 Å². The molecule has 3 N–H and O–H groups in total. The summed E-state index contributed by atoms with van der Waals surface area (Å²) in [4.78, 5) is 87.6. The molecule has 1 heterocycles. The second kappa shape index (κ2) is 25.8. The Bertz CT molecular complexity index is 2190. The molecule has 1 aliphatic rings. The molecule has 21 heteroatoms. The van der Waals surface area contributed by atoms with E-state index in [9.17, 15) is 50.4 Å². The van der Waals surface area contributed by atoms with Crippen LogP contribution in [0.3, 0.4) is 0 Å². The molecule has 9 atom stereocenters. The molecule has 1 saturated heterocycles. The Labute approximate surface area is 411 Å². The van der Waals surface area contributed by atoms with Crippen molar-refractivity contribution in [3.63, 3.8) is 0 Å². The highest BCUT2D eigenvalue weighted by Gasteiger charge is 2.44. The first kappa shape index (κ1) is 59.2. The molecule has 0 unspecified atom stereocenters. The van der Waals surface area contributed by atoms with Crippen molar-refractivity contribution in [2.75, 3.05) is 57.8 Å². The Morgan fingerprint density at radius 2 is 1.43 bits per heavy atom. The van der Waals surface area contributed by atoms with Crippen LogP contribution in [0.4, 0.5) is 24.5 Å². The van der Waals surface area contributed by atoms with Gasteiger partial charge in [0.1, 0.15) is 12.1 Å². The van der Waals surface area contributed by atoms with Crippen LogP contribution in [-0.2, 0) is 54.7 Å². The Hall–Kier alpha value is -5.12. The lowest BCUT2D eigenvalue weighted by molar-refractivity contribution is -0.167. The number of amides is 6. The molecule has 0 saturated carbocycles. The molecule has 0 radical (unpaired) electrons. The molecule has 1 aliphatic heterocycles. The van der Waals surface area contributed by atoms with E-state index in [1.807, 2.05) is 60.5 Å². The molecule has 3 rings (SSSR count). The summed E-state index contributed by atoms with van der Waals surface area (Å²) in [5, 5.41) is 7.39. The van der Waals surface area contributed by atoms with Crippen LogP contribution in [0.5, 0.6) is 0 Å². The fraction of sp³-hybridized carbons (Fsp3) is 0.633. The third-order valence-electron chi connectivity index (χ3n) is 13.0. The Morgan fingerprint density at radius 1 is 0.829 bits per heavy atom. The molecule has 70 heavy (non-hydrogen) atoms. The van der Waals surface area contributed by atoms with Gasteiger partial charge in [-0.1, -0.05) is 85.2 Å². The number of methoxy groups -OCH3 is 2. The number of sulfonamides is 1. The average Bonchev–Trinajstić information content (AvgIpc) is 3.77. The number of alkyl halides is 3. The van der Waals surface area contributed by atoms with Crippen LogP contribution in [0.1, 0.15) is 79.7 Å². The van der Waals surface area contributed by atoms with E-state index in [-0.39, 0.29) is 59.7 Å². The second-order valence-corrected chi connectivity index (χ2v) is 20.9. The van der Waals surface area contributed by atoms with Crippen LogP contribution in [-0.4, -0.2) is 155 Å². The lowest BCUT2D eigenvalue weighted by atomic mass is 9.89. The average molecular weight is 1010 g/mol. The fourth-order valence-electron chi connectivity index (χ4n) is 9.27. The maximum absolute atomic E-state index is 14.5. The number of rotatable bonds is 24. The van der Waals surface area contributed by atoms with Crippen molar-refractivity contribution in [3.8, 4) is 0 Å². The Morgan fingerprint density at radius 3 is 1.91 bits per heavy atom. The lowest BCUT2D eigenvalue weighted by Gasteiger charge is -2.41. The van der Waals surface area contributed by atoms with Gasteiger partial charge in [0, 0.05) is 39.9 Å². The predicted molar refractivity (Wildman–Crippen MR) is 261 cm³/mol. The number of likely N-dealkylation sites (N-methyl/N-ethyl adjacent to an activating group) is 2. The van der Waals surface area contributed by atoms with Gasteiger partial charge in [-0.15, -0.1) is 0 Å². The number of halogens is 3. The van der Waals surface area contributed by atoms with Gasteiger partial charge in [-0.05, 0) is 74.5 Å². The Balaban J connectivity index is 1.91. The number of likely N-dealkylation sites (tertiary alicyclic amines) is 1. The summed E-state index contributed by atoms with van der Waals surface area (Å²) < 4.78 is 77.6. The van der Waals surface area contributed by atoms with Crippen LogP contribution < -0.4 is 20.3 Å². The molecule has 0 spiro atoms. The van der Waals surface area contributed by atoms with E-state index in [1.165, 1.54) is 14.2 Å². The van der Waals surface area contributed by atoms with E-state index < -0.39 is 82.3 Å². The maximum atomic E-state index is 14.5. The summed E-state index contributed by atoms with van der Waals surface area (Å²) in [5.74, 6) is -6.35. The van der Waals surface area contributed by atoms with E-state index in [4.69, 9.17) is 9.47 Å². The molecule has 0 aromatic heterocycles. The molecule has 6 amide bonds. The van der Waals surface area contributed by atoms with E-state index >= 15 is 0 Å². The van der Waals surface area contributed by atoms with Crippen molar-refractivity contribution in [3.05, 3.63) is 60.2 Å². The summed E-state index contributed by atoms with van der Waals surface area (Å²) in [6.45, 7) is 13.4. The van der Waals surface area contributed by atoms with Crippen molar-refractivity contribution in [2.24, 2.45) is 23.7 Å². The number of hydrogen-bond donors (Lipinski definition) is 3. The first-order valence-electron chi connectivity index (χ1n) is 23.6. The van der Waals surface area contributed by atoms with Gasteiger partial charge in [-0.25, -0.2) is 12.7 Å². The van der Waals surface area contributed by atoms with Gasteiger partial charge >= 0.3 is 12.1 Å². The quantitative estimate of drug-likeness (QED) is 0.130. The SMILES string of the molecule is CC[C@@H](C)[C@@H]([C@@H](CC(=O)N1CCC[C@H]1[C@H](OC)[C@@H](C)C(=O)N[C@@H](Cc1ccccc1)C(=O)N(c1ccc(NC(=O)C(F)(F)F)cc1)S(C)(=O)=O)OC)N(C)C(=O)[C@@H](NC(=O)[C@H](C(C)C)N(C)C)C(C)C. The van der Waals surface area contributed by atoms with Crippen LogP contribution in [0.15, 0.2) is 54.6 Å². The zero-order chi connectivity index (χ0) is 53.0. The number of nitrogens with one attached hydrogen (secondary N) is 3. The monoisotopic (exact) mass is 1010 g/mol. The van der Waals surface area contributed by atoms with Crippen molar-refractivity contribution in [2.45, 2.75) is 129 Å². The topological polar surface area (TPSA) is 204 Å². The highest BCUT2D eigenvalue weighted by atomic mass is 32.2. The maximum Gasteiger partial charge on any atom is 0.471 e. The predicted octanol–water partition coefficient (Wildman–Crippen LogP) is 4.85. The molecule has 1 fully saturated rings. The molecule has 392 valence electrons. The lowest BCUT2D eigenvalue weighted by Crippen LogP contribution is -2.59. The summed E-state index contributed by atoms with van der Waals surface area (Å²) in [6.07, 6.45) is -4.73. The third-order valence-corrected chi connectivity index (χ3v) is 14.0. The van der Waals surface area contributed by atoms with E-state index in [1.54, 1.807) is 59.4 Å². The number of ether oxygens (including phenoxy) is 2. The zero-order valence-electron chi connectivity index (χ0n) is 42.7. The van der Waals surface area contributed by atoms with Gasteiger partial charge in [0.25, 0.3) is 5.91 Å². The van der Waals surface area contributed by atoms with Crippen LogP contribution in [0.2, 0.25) is 0 Å². The molecule has 17 nitrogen and oxygen atoms in total. The fourth-order valence-corrected chi connectivity index (χ4v) is 10.2. The first-order chi connectivity index (χ1) is 32.6. The molecule has 2 aromatic carbocycles. The van der Waals surface area contributed by atoms with Crippen molar-refractivity contribution < 1.29 is 59.8 Å². The van der Waals surface area contributed by atoms with E-state index in [0.717, 1.165) is 30.5 Å². The number of benzene rings is 2. The van der Waals surface area contributed by atoms with Crippen molar-refractivity contribution >= 4 is 56.8 Å². The minimum absolute atomic E-state index is 0.0206. The van der Waals surface area contributed by atoms with Gasteiger partial charge in [-0.3, -0.25) is 33.7 Å². The zero-order valence-corrected chi connectivity index (χ0v) is 43.5. The highest BCUT2D eigenvalue weighted by Crippen LogP contribution is 2.31. The first-order valence-corrected chi connectivity index (χ1v) is 25.4. The van der Waals surface area contributed by atoms with Crippen LogP contribution >= 0.6 is 0 Å². The second-order valence-electron chi connectivity index (χ2n) is 19.1. The molecule has 0 bridgehead atoms. The van der Waals surface area contributed by atoms with Crippen LogP contribution in [0.25, 0.3) is 0 Å². The molecular formula is C49H74F3N7O10S. The third kappa shape index (κ3) is 15.4. The van der Waals surface area contributed by atoms with E-state index in [2.05, 4.69) is 10.6 Å². The van der Waals surface area contributed by atoms with E-state index in [0.29, 0.717) is 35.7 Å². The Kier molecular flexibility index (Phi) is 21.8. The molecular weight excluding hydrogens is 936 g/mol. The minimum atomic E-state index is -5.19. The smallest absolute Gasteiger partial charge is 0.379 e. The van der Waals surface area contributed by atoms with Gasteiger partial charge < -0.3 is 35.2 Å². The summed E-state index contributed by atoms with van der Waals surface area (Å²) in [6, 6.07) is 8.58. The van der Waals surface area contributed by atoms with Gasteiger partial charge in [-0.2, -0.15) is 13.2 Å². The van der Waals surface area contributed by atoms with Gasteiger partial charge in [0.05, 0.1) is 54.6 Å². The molecule has 2 aromatic rings. The highest BCUT2D eigenvalue weighted by molar-refractivity contribution is 7.92. The number of anilines is 2. The summed E-state index contributed by atoms with van der Waals surface area (Å²) in [7, 11) is 3.73. The molecule has 0 aliphatic carbocycles. The normalized spacial score (nSPS) is 17.8. The summed E-state index contributed by atoms with van der Waals surface area (Å²) in [5.41, 5.74) is -0.0137. The number of nitrogens with zero attached hydrogens (tertiary/aromatic N) is 4. The number of carbonyl (C=O) groups is 6. The standard InChI is InChI=1S/C49H74F3N7O10S/c1-14-31(6)42(57(10)47(64)40(29(2)3)55-45(62)41(30(4)5)56(8)9)38(68-11)28-39(60)58-26-18-21-37(58)43(69-12)32(7)44(61)54-36(27-33-19-16-15-17-20-33)46(63)59(70(13,66)67)35-24-22-34(23-25-35)53-48(65)49(50,51)52/h15-17,19-20,22-25,29-32,36-38,40-43H,14,18,21,26-28H2,1-13H3,(H,53,65)(H,54,61)(H,55,62)/t31-,32-,36+,37+,38-,40+,41+,42+,43-/m1/s1. The van der Waals surface area contributed by atoms with Gasteiger partial charge in [0.15, 0.2) is 0 Å². The summed E-state index contributed by atoms with van der Waals surface area (Å²) >= 11 is 0. The number of carbonyl (C=O) groups excluding carboxylic acids is 6. The van der Waals surface area contributed by atoms with Gasteiger partial charge in [0.2, 0.25) is 33.7 Å².